The molecule has 0 radical (unpaired) electrons. The zero-order valence-electron chi connectivity index (χ0n) is 9.93. The predicted octanol–water partition coefficient (Wildman–Crippen LogP) is 1.06. The number of rotatable bonds is 6. The van der Waals surface area contributed by atoms with Crippen LogP contribution in [0.25, 0.3) is 0 Å². The van der Waals surface area contributed by atoms with E-state index in [9.17, 15) is 4.79 Å². The van der Waals surface area contributed by atoms with Crippen LogP contribution < -0.4 is 11.1 Å². The number of aromatic nitrogens is 1. The van der Waals surface area contributed by atoms with Gasteiger partial charge < -0.3 is 20.9 Å². The van der Waals surface area contributed by atoms with Gasteiger partial charge in [0.2, 0.25) is 0 Å². The molecule has 94 valence electrons. The van der Waals surface area contributed by atoms with Gasteiger partial charge in [-0.2, -0.15) is 0 Å². The number of ether oxygens (including phenoxy) is 1. The summed E-state index contributed by atoms with van der Waals surface area (Å²) >= 11 is 0. The molecular weight excluding hydrogens is 222 g/mol. The molecule has 1 atom stereocenters. The van der Waals surface area contributed by atoms with Gasteiger partial charge in [0.1, 0.15) is 11.4 Å². The van der Waals surface area contributed by atoms with E-state index in [2.05, 4.69) is 10.3 Å². The van der Waals surface area contributed by atoms with Crippen LogP contribution >= 0.6 is 0 Å². The third-order valence-electron chi connectivity index (χ3n) is 2.21. The SMILES string of the molecule is COCC(C)CNc1ncc(N)cc1C(=O)O. The van der Waals surface area contributed by atoms with Crippen LogP contribution in [0.2, 0.25) is 0 Å². The molecule has 6 nitrogen and oxygen atoms in total. The maximum Gasteiger partial charge on any atom is 0.339 e. The summed E-state index contributed by atoms with van der Waals surface area (Å²) in [5.74, 6) is -0.456. The predicted molar refractivity (Wildman–Crippen MR) is 65.1 cm³/mol. The first kappa shape index (κ1) is 13.2. The zero-order valence-corrected chi connectivity index (χ0v) is 9.93. The van der Waals surface area contributed by atoms with E-state index in [0.717, 1.165) is 0 Å². The van der Waals surface area contributed by atoms with Crippen LogP contribution in [0.4, 0.5) is 11.5 Å². The topological polar surface area (TPSA) is 97.5 Å². The van der Waals surface area contributed by atoms with Crippen molar-refractivity contribution < 1.29 is 14.6 Å². The van der Waals surface area contributed by atoms with Crippen molar-refractivity contribution in [2.24, 2.45) is 5.92 Å². The van der Waals surface area contributed by atoms with Crippen molar-refractivity contribution in [3.05, 3.63) is 17.8 Å². The van der Waals surface area contributed by atoms with Gasteiger partial charge >= 0.3 is 5.97 Å². The van der Waals surface area contributed by atoms with Gasteiger partial charge in [-0.15, -0.1) is 0 Å². The second-order valence-electron chi connectivity index (χ2n) is 3.91. The van der Waals surface area contributed by atoms with Crippen molar-refractivity contribution in [3.8, 4) is 0 Å². The summed E-state index contributed by atoms with van der Waals surface area (Å²) in [6.07, 6.45) is 1.43. The molecule has 6 heteroatoms. The molecule has 0 saturated carbocycles. The molecule has 1 rings (SSSR count). The molecule has 17 heavy (non-hydrogen) atoms. The number of carbonyl (C=O) groups is 1. The van der Waals surface area contributed by atoms with E-state index in [1.54, 1.807) is 7.11 Å². The van der Waals surface area contributed by atoms with E-state index in [4.69, 9.17) is 15.6 Å². The van der Waals surface area contributed by atoms with Gasteiger partial charge in [0, 0.05) is 13.7 Å². The average Bonchev–Trinajstić information content (AvgIpc) is 2.27. The standard InChI is InChI=1S/C11H17N3O3/c1-7(6-17-2)4-13-10-9(11(15)16)3-8(12)5-14-10/h3,5,7H,4,6,12H2,1-2H3,(H,13,14)(H,15,16). The molecule has 1 unspecified atom stereocenters. The van der Waals surface area contributed by atoms with Gasteiger partial charge in [0.05, 0.1) is 18.5 Å². The smallest absolute Gasteiger partial charge is 0.339 e. The Hall–Kier alpha value is -1.82. The lowest BCUT2D eigenvalue weighted by atomic mass is 10.2. The minimum Gasteiger partial charge on any atom is -0.478 e. The summed E-state index contributed by atoms with van der Waals surface area (Å²) < 4.78 is 4.99. The lowest BCUT2D eigenvalue weighted by Crippen LogP contribution is -2.18. The lowest BCUT2D eigenvalue weighted by Gasteiger charge is -2.13. The maximum atomic E-state index is 11.0. The van der Waals surface area contributed by atoms with Crippen molar-refractivity contribution >= 4 is 17.5 Å². The number of nitrogens with zero attached hydrogens (tertiary/aromatic N) is 1. The molecule has 0 bridgehead atoms. The van der Waals surface area contributed by atoms with Gasteiger partial charge in [0.25, 0.3) is 0 Å². The highest BCUT2D eigenvalue weighted by Gasteiger charge is 2.12. The quantitative estimate of drug-likeness (QED) is 0.686. The van der Waals surface area contributed by atoms with Gasteiger partial charge in [-0.3, -0.25) is 0 Å². The number of nitrogen functional groups attached to an aromatic ring is 1. The molecule has 0 amide bonds. The average molecular weight is 239 g/mol. The fourth-order valence-corrected chi connectivity index (χ4v) is 1.40. The summed E-state index contributed by atoms with van der Waals surface area (Å²) in [5.41, 5.74) is 5.91. The van der Waals surface area contributed by atoms with Crippen molar-refractivity contribution in [1.29, 1.82) is 0 Å². The Balaban J connectivity index is 2.73. The molecule has 1 aromatic heterocycles. The molecule has 0 aliphatic rings. The summed E-state index contributed by atoms with van der Waals surface area (Å²) in [4.78, 5) is 15.0. The van der Waals surface area contributed by atoms with Crippen molar-refractivity contribution in [3.63, 3.8) is 0 Å². The van der Waals surface area contributed by atoms with Crippen LogP contribution in [0.3, 0.4) is 0 Å². The van der Waals surface area contributed by atoms with Crippen LogP contribution in [0, 0.1) is 5.92 Å². The Bertz CT molecular complexity index is 396. The number of carboxylic acid groups (broad SMARTS) is 1. The van der Waals surface area contributed by atoms with Gasteiger partial charge in [0.15, 0.2) is 0 Å². The fraction of sp³-hybridized carbons (Fsp3) is 0.455. The van der Waals surface area contributed by atoms with Gasteiger partial charge in [-0.1, -0.05) is 6.92 Å². The van der Waals surface area contributed by atoms with E-state index in [-0.39, 0.29) is 11.5 Å². The molecule has 0 aliphatic carbocycles. The third-order valence-corrected chi connectivity index (χ3v) is 2.21. The number of hydrogen-bond donors (Lipinski definition) is 3. The van der Waals surface area contributed by atoms with Crippen LogP contribution in [0.1, 0.15) is 17.3 Å². The van der Waals surface area contributed by atoms with Crippen LogP contribution in [0.5, 0.6) is 0 Å². The second-order valence-corrected chi connectivity index (χ2v) is 3.91. The zero-order chi connectivity index (χ0) is 12.8. The molecule has 0 spiro atoms. The van der Waals surface area contributed by atoms with Crippen molar-refractivity contribution in [2.75, 3.05) is 31.3 Å². The molecule has 4 N–H and O–H groups in total. The number of nitrogens with two attached hydrogens (primary N) is 1. The highest BCUT2D eigenvalue weighted by atomic mass is 16.5. The Kier molecular flexibility index (Phi) is 4.71. The lowest BCUT2D eigenvalue weighted by molar-refractivity contribution is 0.0697. The van der Waals surface area contributed by atoms with E-state index >= 15 is 0 Å². The Morgan fingerprint density at radius 3 is 3.00 bits per heavy atom. The summed E-state index contributed by atoms with van der Waals surface area (Å²) in [7, 11) is 1.63. The highest BCUT2D eigenvalue weighted by Crippen LogP contribution is 2.15. The Morgan fingerprint density at radius 2 is 2.41 bits per heavy atom. The number of aromatic carboxylic acids is 1. The number of pyridine rings is 1. The normalized spacial score (nSPS) is 12.1. The summed E-state index contributed by atoms with van der Waals surface area (Å²) in [5, 5.41) is 12.0. The molecule has 0 aromatic carbocycles. The first-order valence-electron chi connectivity index (χ1n) is 5.26. The van der Waals surface area contributed by atoms with Gasteiger partial charge in [-0.05, 0) is 12.0 Å². The third kappa shape index (κ3) is 3.92. The van der Waals surface area contributed by atoms with Crippen molar-refractivity contribution in [2.45, 2.75) is 6.92 Å². The monoisotopic (exact) mass is 239 g/mol. The van der Waals surface area contributed by atoms with Crippen molar-refractivity contribution in [1.82, 2.24) is 4.98 Å². The maximum absolute atomic E-state index is 11.0. The Morgan fingerprint density at radius 1 is 1.71 bits per heavy atom. The van der Waals surface area contributed by atoms with E-state index < -0.39 is 5.97 Å². The van der Waals surface area contributed by atoms with Crippen LogP contribution in [-0.4, -0.2) is 36.3 Å². The summed E-state index contributed by atoms with van der Waals surface area (Å²) in [6.45, 7) is 3.18. The number of hydrogen-bond acceptors (Lipinski definition) is 5. The van der Waals surface area contributed by atoms with Crippen LogP contribution in [-0.2, 0) is 4.74 Å². The van der Waals surface area contributed by atoms with E-state index in [1.165, 1.54) is 12.3 Å². The summed E-state index contributed by atoms with van der Waals surface area (Å²) in [6, 6.07) is 1.39. The molecular formula is C11H17N3O3. The number of nitrogens with one attached hydrogen (secondary N) is 1. The number of methoxy groups -OCH3 is 1. The molecule has 0 saturated heterocycles. The highest BCUT2D eigenvalue weighted by molar-refractivity contribution is 5.94. The largest absolute Gasteiger partial charge is 0.478 e. The second kappa shape index (κ2) is 6.05. The molecule has 1 aromatic rings. The number of anilines is 2. The van der Waals surface area contributed by atoms with E-state index in [1.807, 2.05) is 6.92 Å². The molecule has 1 heterocycles. The van der Waals surface area contributed by atoms with E-state index in [0.29, 0.717) is 24.7 Å². The van der Waals surface area contributed by atoms with Crippen LogP contribution in [0.15, 0.2) is 12.3 Å². The minimum atomic E-state index is -1.05. The molecule has 0 aliphatic heterocycles. The molecule has 0 fully saturated rings. The first-order chi connectivity index (χ1) is 8.04. The fourth-order valence-electron chi connectivity index (χ4n) is 1.40. The van der Waals surface area contributed by atoms with Gasteiger partial charge in [-0.25, -0.2) is 9.78 Å². The first-order valence-corrected chi connectivity index (χ1v) is 5.26. The minimum absolute atomic E-state index is 0.0783. The number of carboxylic acids is 1. The Labute approximate surface area is 99.8 Å².